The number of hydrogen-bond acceptors (Lipinski definition) is 0. The third-order valence-electron chi connectivity index (χ3n) is 3.26. The van der Waals surface area contributed by atoms with Gasteiger partial charge in [-0.15, -0.1) is 0 Å². The zero-order valence-electron chi connectivity index (χ0n) is 9.00. The summed E-state index contributed by atoms with van der Waals surface area (Å²) in [7, 11) is 0. The fourth-order valence-electron chi connectivity index (χ4n) is 2.37. The monoisotopic (exact) mass is 264 g/mol. The number of halogens is 5. The second-order valence-electron chi connectivity index (χ2n) is 4.32. The molecule has 0 nitrogen and oxygen atoms in total. The normalized spacial score (nSPS) is 16.4. The molecule has 1 fully saturated rings. The predicted octanol–water partition coefficient (Wildman–Crippen LogP) is 3.27. The molecule has 0 aliphatic carbocycles. The lowest BCUT2D eigenvalue weighted by molar-refractivity contribution is 0.383. The molecule has 17 heavy (non-hydrogen) atoms. The maximum absolute atomic E-state index is 13.5. The zero-order chi connectivity index (χ0) is 12.6. The van der Waals surface area contributed by atoms with E-state index in [1.165, 1.54) is 0 Å². The van der Waals surface area contributed by atoms with E-state index in [1.807, 2.05) is 0 Å². The Morgan fingerprint density at radius 2 is 1.00 bits per heavy atom. The minimum atomic E-state index is -2.06. The molecule has 0 aromatic heterocycles. The first-order valence-corrected chi connectivity index (χ1v) is 7.76. The molecule has 0 spiro atoms. The highest BCUT2D eigenvalue weighted by molar-refractivity contribution is 6.73. The van der Waals surface area contributed by atoms with Gasteiger partial charge in [-0.1, -0.05) is 29.8 Å². The summed E-state index contributed by atoms with van der Waals surface area (Å²) < 4.78 is 65.4. The van der Waals surface area contributed by atoms with Crippen LogP contribution >= 0.6 is 0 Å². The van der Waals surface area contributed by atoms with E-state index in [9.17, 15) is 22.0 Å². The van der Waals surface area contributed by atoms with Crippen molar-refractivity contribution in [2.24, 2.45) is 0 Å². The minimum absolute atomic E-state index is 0.499. The average molecular weight is 264 g/mol. The van der Waals surface area contributed by atoms with Gasteiger partial charge in [0.25, 0.3) is 0 Å². The van der Waals surface area contributed by atoms with E-state index in [0.717, 1.165) is 19.3 Å². The maximum Gasteiger partial charge on any atom is 0.315 e. The lowest BCUT2D eigenvalue weighted by Gasteiger charge is -2.19. The molecule has 0 atom stereocenters. The third kappa shape index (κ3) is 2.21. The van der Waals surface area contributed by atoms with E-state index >= 15 is 0 Å². The molecule has 6 heteroatoms. The molecule has 1 aliphatic rings. The molecule has 0 radical (unpaired) electrons. The van der Waals surface area contributed by atoms with E-state index in [-0.39, 0.29) is 0 Å². The predicted molar refractivity (Wildman–Crippen MR) is 55.1 cm³/mol. The number of rotatable bonds is 1. The Kier molecular flexibility index (Phi) is 3.74. The Morgan fingerprint density at radius 3 is 1.47 bits per heavy atom. The third-order valence-corrected chi connectivity index (χ3v) is 6.79. The fraction of sp³-hybridized carbons (Fsp3) is 0.455. The van der Waals surface area contributed by atoms with Crippen LogP contribution in [0.4, 0.5) is 22.0 Å². The molecular formula is C11H10AlF5. The van der Waals surface area contributed by atoms with Gasteiger partial charge in [-0.05, 0) is 4.43 Å². The summed E-state index contributed by atoms with van der Waals surface area (Å²) in [4.78, 5) is 0. The van der Waals surface area contributed by atoms with Gasteiger partial charge in [-0.2, -0.15) is 0 Å². The lowest BCUT2D eigenvalue weighted by atomic mass is 10.2. The van der Waals surface area contributed by atoms with E-state index in [4.69, 9.17) is 0 Å². The fourth-order valence-corrected chi connectivity index (χ4v) is 5.77. The Bertz CT molecular complexity index is 411. The van der Waals surface area contributed by atoms with Gasteiger partial charge in [0.2, 0.25) is 0 Å². The average Bonchev–Trinajstić information content (AvgIpc) is 2.36. The van der Waals surface area contributed by atoms with Crippen molar-refractivity contribution in [3.05, 3.63) is 29.1 Å². The molecular weight excluding hydrogens is 254 g/mol. The zero-order valence-corrected chi connectivity index (χ0v) is 10.2. The Hall–Kier alpha value is -0.598. The quantitative estimate of drug-likeness (QED) is 0.316. The van der Waals surface area contributed by atoms with Crippen LogP contribution in [0.2, 0.25) is 10.6 Å². The van der Waals surface area contributed by atoms with Crippen molar-refractivity contribution in [1.29, 1.82) is 0 Å². The minimum Gasteiger partial charge on any atom is -0.205 e. The van der Waals surface area contributed by atoms with E-state index in [2.05, 4.69) is 0 Å². The Morgan fingerprint density at radius 1 is 0.588 bits per heavy atom. The highest BCUT2D eigenvalue weighted by Gasteiger charge is 2.34. The van der Waals surface area contributed by atoms with Crippen molar-refractivity contribution in [3.8, 4) is 0 Å². The van der Waals surface area contributed by atoms with Crippen molar-refractivity contribution < 1.29 is 22.0 Å². The first-order chi connectivity index (χ1) is 8.04. The highest BCUT2D eigenvalue weighted by atomic mass is 27.2. The summed E-state index contributed by atoms with van der Waals surface area (Å²) in [5, 5.41) is 1.22. The number of benzene rings is 1. The van der Waals surface area contributed by atoms with Gasteiger partial charge < -0.3 is 0 Å². The van der Waals surface area contributed by atoms with Crippen LogP contribution in [0.3, 0.4) is 0 Å². The van der Waals surface area contributed by atoms with Crippen molar-refractivity contribution in [1.82, 2.24) is 0 Å². The molecule has 0 bridgehead atoms. The van der Waals surface area contributed by atoms with Gasteiger partial charge in [-0.3, -0.25) is 0 Å². The standard InChI is InChI=1S/C6F5.C5H10.Al/c7-2-1-3(8)5(10)6(11)4(2)9;1-3-5-4-2;/h;1-5H2;. The lowest BCUT2D eigenvalue weighted by Crippen LogP contribution is -2.39. The van der Waals surface area contributed by atoms with Crippen LogP contribution in [0.15, 0.2) is 0 Å². The molecule has 1 aromatic carbocycles. The van der Waals surface area contributed by atoms with Crippen LogP contribution in [-0.4, -0.2) is 14.1 Å². The van der Waals surface area contributed by atoms with Gasteiger partial charge in [0.1, 0.15) is 0 Å². The molecule has 92 valence electrons. The van der Waals surface area contributed by atoms with Crippen molar-refractivity contribution >= 4 is 18.6 Å². The molecule has 0 N–H and O–H groups in total. The van der Waals surface area contributed by atoms with Gasteiger partial charge in [0.05, 0.1) is 0 Å². The first-order valence-electron chi connectivity index (χ1n) is 5.55. The molecule has 1 aromatic rings. The Labute approximate surface area is 99.8 Å². The van der Waals surface area contributed by atoms with Gasteiger partial charge in [0, 0.05) is 0 Å². The summed E-state index contributed by atoms with van der Waals surface area (Å²) >= 11 is -2.04. The molecule has 1 aliphatic heterocycles. The summed E-state index contributed by atoms with van der Waals surface area (Å²) in [5.74, 6) is -8.90. The highest BCUT2D eigenvalue weighted by Crippen LogP contribution is 2.23. The van der Waals surface area contributed by atoms with Crippen molar-refractivity contribution in [2.75, 3.05) is 0 Å². The maximum atomic E-state index is 13.5. The van der Waals surface area contributed by atoms with Gasteiger partial charge in [-0.25, -0.2) is 22.0 Å². The van der Waals surface area contributed by atoms with Crippen LogP contribution in [0.5, 0.6) is 0 Å². The van der Waals surface area contributed by atoms with Crippen LogP contribution in [0.1, 0.15) is 19.3 Å². The number of hydrogen-bond donors (Lipinski definition) is 0. The smallest absolute Gasteiger partial charge is 0.205 e. The van der Waals surface area contributed by atoms with Crippen LogP contribution in [-0.2, 0) is 0 Å². The van der Waals surface area contributed by atoms with Crippen molar-refractivity contribution in [2.45, 2.75) is 29.8 Å². The van der Waals surface area contributed by atoms with E-state index in [1.54, 1.807) is 0 Å². The molecule has 0 unspecified atom stereocenters. The van der Waals surface area contributed by atoms with E-state index < -0.39 is 47.7 Å². The van der Waals surface area contributed by atoms with Gasteiger partial charge in [0.15, 0.2) is 29.1 Å². The first kappa shape index (κ1) is 12.8. The molecule has 1 saturated heterocycles. The molecule has 0 amide bonds. The second kappa shape index (κ2) is 4.95. The molecule has 1 heterocycles. The Balaban J connectivity index is 2.52. The molecule has 0 saturated carbocycles. The SMILES string of the molecule is Fc1c(F)c(F)[c]([Al]2[CH2]CCC[CH2]2)c(F)c1F. The summed E-state index contributed by atoms with van der Waals surface area (Å²) in [6.45, 7) is 0. The largest absolute Gasteiger partial charge is 0.315 e. The van der Waals surface area contributed by atoms with E-state index in [0.29, 0.717) is 10.6 Å². The summed E-state index contributed by atoms with van der Waals surface area (Å²) in [5.41, 5.74) is 0. The summed E-state index contributed by atoms with van der Waals surface area (Å²) in [6, 6.07) is 0. The summed E-state index contributed by atoms with van der Waals surface area (Å²) in [6.07, 6.45) is 2.60. The van der Waals surface area contributed by atoms with Crippen LogP contribution in [0, 0.1) is 29.1 Å². The van der Waals surface area contributed by atoms with Crippen molar-refractivity contribution in [3.63, 3.8) is 0 Å². The molecule has 2 rings (SSSR count). The topological polar surface area (TPSA) is 0 Å². The van der Waals surface area contributed by atoms with Gasteiger partial charge >= 0.3 is 14.1 Å². The van der Waals surface area contributed by atoms with Crippen LogP contribution < -0.4 is 4.43 Å². The van der Waals surface area contributed by atoms with Crippen LogP contribution in [0.25, 0.3) is 0 Å². The second-order valence-corrected chi connectivity index (χ2v) is 7.44.